The normalized spacial score (nSPS) is 12.6. The average molecular weight is 231 g/mol. The monoisotopic (exact) mass is 231 g/mol. The Hall–Kier alpha value is -1.81. The van der Waals surface area contributed by atoms with E-state index in [1.54, 1.807) is 12.3 Å². The van der Waals surface area contributed by atoms with E-state index >= 15 is 0 Å². The van der Waals surface area contributed by atoms with Crippen LogP contribution in [-0.2, 0) is 13.6 Å². The van der Waals surface area contributed by atoms with Gasteiger partial charge in [-0.1, -0.05) is 18.2 Å². The molecule has 0 aliphatic rings. The van der Waals surface area contributed by atoms with Crippen molar-refractivity contribution in [3.8, 4) is 5.75 Å². The van der Waals surface area contributed by atoms with Crippen molar-refractivity contribution in [2.75, 3.05) is 0 Å². The summed E-state index contributed by atoms with van der Waals surface area (Å²) < 4.78 is 1.99. The van der Waals surface area contributed by atoms with Crippen molar-refractivity contribution in [1.29, 1.82) is 0 Å². The van der Waals surface area contributed by atoms with Crippen molar-refractivity contribution in [3.05, 3.63) is 48.0 Å². The molecule has 90 valence electrons. The standard InChI is InChI=1S/C13H17N3O/c1-10(13-14-7-8-16(13)2)15-9-11-5-3-4-6-12(11)17/h3-8,10,15,17H,9H2,1-2H3. The van der Waals surface area contributed by atoms with Gasteiger partial charge in [0.15, 0.2) is 0 Å². The number of hydrogen-bond acceptors (Lipinski definition) is 3. The van der Waals surface area contributed by atoms with Gasteiger partial charge in [-0.25, -0.2) is 4.98 Å². The lowest BCUT2D eigenvalue weighted by atomic mass is 10.2. The summed E-state index contributed by atoms with van der Waals surface area (Å²) in [5.41, 5.74) is 0.897. The smallest absolute Gasteiger partial charge is 0.125 e. The number of phenolic OH excluding ortho intramolecular Hbond substituents is 1. The highest BCUT2D eigenvalue weighted by atomic mass is 16.3. The zero-order valence-electron chi connectivity index (χ0n) is 10.1. The Balaban J connectivity index is 2.00. The van der Waals surface area contributed by atoms with Gasteiger partial charge >= 0.3 is 0 Å². The second-order valence-electron chi connectivity index (χ2n) is 4.13. The third-order valence-corrected chi connectivity index (χ3v) is 2.84. The van der Waals surface area contributed by atoms with E-state index in [2.05, 4.69) is 17.2 Å². The first-order chi connectivity index (χ1) is 8.18. The maximum absolute atomic E-state index is 9.65. The molecule has 0 saturated carbocycles. The van der Waals surface area contributed by atoms with E-state index in [-0.39, 0.29) is 6.04 Å². The second-order valence-corrected chi connectivity index (χ2v) is 4.13. The van der Waals surface area contributed by atoms with Gasteiger partial charge in [0.05, 0.1) is 6.04 Å². The molecule has 0 fully saturated rings. The number of hydrogen-bond donors (Lipinski definition) is 2. The first-order valence-corrected chi connectivity index (χ1v) is 5.66. The summed E-state index contributed by atoms with van der Waals surface area (Å²) in [6.07, 6.45) is 3.71. The molecule has 17 heavy (non-hydrogen) atoms. The highest BCUT2D eigenvalue weighted by Crippen LogP contribution is 2.17. The molecule has 4 heteroatoms. The van der Waals surface area contributed by atoms with E-state index in [1.165, 1.54) is 0 Å². The molecule has 2 N–H and O–H groups in total. The third kappa shape index (κ3) is 2.65. The summed E-state index contributed by atoms with van der Waals surface area (Å²) in [5.74, 6) is 1.31. The van der Waals surface area contributed by atoms with Gasteiger partial charge in [-0.2, -0.15) is 0 Å². The van der Waals surface area contributed by atoms with E-state index in [0.717, 1.165) is 11.4 Å². The summed E-state index contributed by atoms with van der Waals surface area (Å²) >= 11 is 0. The van der Waals surface area contributed by atoms with Crippen LogP contribution < -0.4 is 5.32 Å². The topological polar surface area (TPSA) is 50.1 Å². The molecule has 1 atom stereocenters. The first-order valence-electron chi connectivity index (χ1n) is 5.66. The summed E-state index contributed by atoms with van der Waals surface area (Å²) in [6.45, 7) is 2.68. The van der Waals surface area contributed by atoms with E-state index in [4.69, 9.17) is 0 Å². The van der Waals surface area contributed by atoms with Crippen molar-refractivity contribution in [2.24, 2.45) is 7.05 Å². The van der Waals surface area contributed by atoms with E-state index in [0.29, 0.717) is 12.3 Å². The van der Waals surface area contributed by atoms with Crippen LogP contribution in [0.25, 0.3) is 0 Å². The fourth-order valence-corrected chi connectivity index (χ4v) is 1.81. The number of rotatable bonds is 4. The maximum atomic E-state index is 9.65. The average Bonchev–Trinajstić information content (AvgIpc) is 2.74. The Morgan fingerprint density at radius 2 is 2.18 bits per heavy atom. The Labute approximate surface area is 101 Å². The zero-order chi connectivity index (χ0) is 12.3. The number of para-hydroxylation sites is 1. The summed E-state index contributed by atoms with van der Waals surface area (Å²) in [6, 6.07) is 7.49. The van der Waals surface area contributed by atoms with Gasteiger partial charge in [-0.05, 0) is 13.0 Å². The van der Waals surface area contributed by atoms with Gasteiger partial charge in [0.2, 0.25) is 0 Å². The molecule has 0 spiro atoms. The van der Waals surface area contributed by atoms with Crippen LogP contribution in [-0.4, -0.2) is 14.7 Å². The SMILES string of the molecule is CC(NCc1ccccc1O)c1nccn1C. The minimum absolute atomic E-state index is 0.148. The molecule has 0 bridgehead atoms. The third-order valence-electron chi connectivity index (χ3n) is 2.84. The number of aryl methyl sites for hydroxylation is 1. The van der Waals surface area contributed by atoms with Gasteiger partial charge in [-0.3, -0.25) is 0 Å². The van der Waals surface area contributed by atoms with Crippen molar-refractivity contribution >= 4 is 0 Å². The number of aromatic hydroxyl groups is 1. The van der Waals surface area contributed by atoms with Gasteiger partial charge in [-0.15, -0.1) is 0 Å². The van der Waals surface area contributed by atoms with Gasteiger partial charge < -0.3 is 15.0 Å². The second kappa shape index (κ2) is 5.01. The number of nitrogens with zero attached hydrogens (tertiary/aromatic N) is 2. The van der Waals surface area contributed by atoms with Crippen LogP contribution in [0.4, 0.5) is 0 Å². The van der Waals surface area contributed by atoms with Crippen LogP contribution in [0.15, 0.2) is 36.7 Å². The predicted octanol–water partition coefficient (Wildman–Crippen LogP) is 1.98. The molecule has 0 aliphatic carbocycles. The quantitative estimate of drug-likeness (QED) is 0.846. The molecule has 0 amide bonds. The van der Waals surface area contributed by atoms with Crippen LogP contribution in [0.5, 0.6) is 5.75 Å². The lowest BCUT2D eigenvalue weighted by Crippen LogP contribution is -2.21. The highest BCUT2D eigenvalue weighted by molar-refractivity contribution is 5.31. The van der Waals surface area contributed by atoms with Crippen molar-refractivity contribution in [3.63, 3.8) is 0 Å². The number of imidazole rings is 1. The molecule has 2 aromatic rings. The molecule has 1 heterocycles. The molecule has 0 saturated heterocycles. The van der Waals surface area contributed by atoms with E-state index in [9.17, 15) is 5.11 Å². The summed E-state index contributed by atoms with van der Waals surface area (Å²) in [4.78, 5) is 4.29. The Morgan fingerprint density at radius 3 is 2.82 bits per heavy atom. The molecular weight excluding hydrogens is 214 g/mol. The molecular formula is C13H17N3O. The van der Waals surface area contributed by atoms with E-state index < -0.39 is 0 Å². The van der Waals surface area contributed by atoms with Gasteiger partial charge in [0.1, 0.15) is 11.6 Å². The Bertz CT molecular complexity index is 493. The molecule has 1 aromatic heterocycles. The first kappa shape index (κ1) is 11.7. The Kier molecular flexibility index (Phi) is 3.44. The highest BCUT2D eigenvalue weighted by Gasteiger charge is 2.10. The van der Waals surface area contributed by atoms with E-state index in [1.807, 2.05) is 36.0 Å². The largest absolute Gasteiger partial charge is 0.508 e. The van der Waals surface area contributed by atoms with Crippen LogP contribution >= 0.6 is 0 Å². The van der Waals surface area contributed by atoms with Crippen LogP contribution in [0.3, 0.4) is 0 Å². The Morgan fingerprint density at radius 1 is 1.41 bits per heavy atom. The van der Waals surface area contributed by atoms with Crippen molar-refractivity contribution in [1.82, 2.24) is 14.9 Å². The van der Waals surface area contributed by atoms with Gasteiger partial charge in [0, 0.05) is 31.5 Å². The van der Waals surface area contributed by atoms with Crippen molar-refractivity contribution in [2.45, 2.75) is 19.5 Å². The van der Waals surface area contributed by atoms with Crippen LogP contribution in [0, 0.1) is 0 Å². The molecule has 1 unspecified atom stereocenters. The van der Waals surface area contributed by atoms with Crippen LogP contribution in [0.2, 0.25) is 0 Å². The lowest BCUT2D eigenvalue weighted by molar-refractivity contribution is 0.457. The number of aromatic nitrogens is 2. The molecule has 1 aromatic carbocycles. The summed E-state index contributed by atoms with van der Waals surface area (Å²) in [5, 5.41) is 13.0. The minimum atomic E-state index is 0.148. The van der Waals surface area contributed by atoms with Crippen LogP contribution in [0.1, 0.15) is 24.4 Å². The molecule has 0 aliphatic heterocycles. The maximum Gasteiger partial charge on any atom is 0.125 e. The number of phenols is 1. The number of nitrogens with one attached hydrogen (secondary N) is 1. The van der Waals surface area contributed by atoms with Crippen molar-refractivity contribution < 1.29 is 5.11 Å². The van der Waals surface area contributed by atoms with Gasteiger partial charge in [0.25, 0.3) is 0 Å². The predicted molar refractivity (Wildman–Crippen MR) is 66.6 cm³/mol. The molecule has 0 radical (unpaired) electrons. The lowest BCUT2D eigenvalue weighted by Gasteiger charge is -2.14. The molecule has 2 rings (SSSR count). The fourth-order valence-electron chi connectivity index (χ4n) is 1.81. The minimum Gasteiger partial charge on any atom is -0.508 e. The summed E-state index contributed by atoms with van der Waals surface area (Å²) in [7, 11) is 1.97. The molecule has 4 nitrogen and oxygen atoms in total. The number of benzene rings is 1. The fraction of sp³-hybridized carbons (Fsp3) is 0.308. The zero-order valence-corrected chi connectivity index (χ0v) is 10.1.